The van der Waals surface area contributed by atoms with Crippen LogP contribution in [0.2, 0.25) is 0 Å². The van der Waals surface area contributed by atoms with Crippen molar-refractivity contribution >= 4 is 5.91 Å². The predicted octanol–water partition coefficient (Wildman–Crippen LogP) is 1.000. The first-order valence-electron chi connectivity index (χ1n) is 6.93. The predicted molar refractivity (Wildman–Crippen MR) is 68.4 cm³/mol. The average Bonchev–Trinajstić information content (AvgIpc) is 2.96. The molecule has 2 aliphatic rings. The average molecular weight is 264 g/mol. The molecule has 1 saturated heterocycles. The van der Waals surface area contributed by atoms with E-state index < -0.39 is 0 Å². The summed E-state index contributed by atoms with van der Waals surface area (Å²) in [6.07, 6.45) is 4.31. The summed E-state index contributed by atoms with van der Waals surface area (Å²) in [6.45, 7) is 1.51. The Morgan fingerprint density at radius 2 is 2.21 bits per heavy atom. The molecule has 2 heterocycles. The zero-order chi connectivity index (χ0) is 13.4. The van der Waals surface area contributed by atoms with E-state index in [1.54, 1.807) is 19.0 Å². The molecule has 1 aliphatic heterocycles. The van der Waals surface area contributed by atoms with E-state index in [2.05, 4.69) is 15.0 Å². The number of carbonyl (C=O) groups is 1. The molecule has 2 fully saturated rings. The van der Waals surface area contributed by atoms with Gasteiger partial charge in [-0.1, -0.05) is 5.16 Å². The standard InChI is InChI=1S/C13H20N4O2/c1-16(2)13(18)10-4-3-7-17(10)8-11-14-12(15-19-11)9-5-6-9/h9-10H,3-8H2,1-2H3/t10-/m0/s1. The van der Waals surface area contributed by atoms with Gasteiger partial charge < -0.3 is 9.42 Å². The second kappa shape index (κ2) is 4.92. The lowest BCUT2D eigenvalue weighted by Gasteiger charge is -2.24. The third-order valence-corrected chi connectivity index (χ3v) is 3.85. The molecule has 1 atom stereocenters. The van der Waals surface area contributed by atoms with Crippen molar-refractivity contribution in [3.8, 4) is 0 Å². The van der Waals surface area contributed by atoms with Gasteiger partial charge in [0.15, 0.2) is 5.82 Å². The van der Waals surface area contributed by atoms with E-state index in [0.717, 1.165) is 25.2 Å². The largest absolute Gasteiger partial charge is 0.347 e. The monoisotopic (exact) mass is 264 g/mol. The highest BCUT2D eigenvalue weighted by atomic mass is 16.5. The number of carbonyl (C=O) groups excluding carboxylic acids is 1. The van der Waals surface area contributed by atoms with E-state index in [9.17, 15) is 4.79 Å². The summed E-state index contributed by atoms with van der Waals surface area (Å²) in [5, 5.41) is 4.02. The van der Waals surface area contributed by atoms with Gasteiger partial charge in [0.25, 0.3) is 0 Å². The van der Waals surface area contributed by atoms with Crippen molar-refractivity contribution in [1.29, 1.82) is 0 Å². The van der Waals surface area contributed by atoms with Gasteiger partial charge in [-0.05, 0) is 32.2 Å². The SMILES string of the molecule is CN(C)C(=O)[C@@H]1CCCN1Cc1nc(C2CC2)no1. The van der Waals surface area contributed by atoms with Gasteiger partial charge >= 0.3 is 0 Å². The van der Waals surface area contributed by atoms with Crippen molar-refractivity contribution in [3.63, 3.8) is 0 Å². The van der Waals surface area contributed by atoms with Crippen molar-refractivity contribution < 1.29 is 9.32 Å². The molecule has 19 heavy (non-hydrogen) atoms. The van der Waals surface area contributed by atoms with E-state index in [-0.39, 0.29) is 11.9 Å². The molecule has 0 aromatic carbocycles. The quantitative estimate of drug-likeness (QED) is 0.812. The van der Waals surface area contributed by atoms with E-state index in [1.165, 1.54) is 12.8 Å². The molecule has 1 saturated carbocycles. The van der Waals surface area contributed by atoms with E-state index >= 15 is 0 Å². The number of rotatable bonds is 4. The van der Waals surface area contributed by atoms with Crippen LogP contribution in [0.15, 0.2) is 4.52 Å². The Kier molecular flexibility index (Phi) is 3.26. The van der Waals surface area contributed by atoms with Crippen molar-refractivity contribution in [2.45, 2.75) is 44.2 Å². The van der Waals surface area contributed by atoms with Crippen LogP contribution in [0.1, 0.15) is 43.3 Å². The molecule has 0 spiro atoms. The van der Waals surface area contributed by atoms with Crippen LogP contribution in [-0.2, 0) is 11.3 Å². The van der Waals surface area contributed by atoms with Crippen molar-refractivity contribution in [3.05, 3.63) is 11.7 Å². The Morgan fingerprint density at radius 3 is 2.89 bits per heavy atom. The summed E-state index contributed by atoms with van der Waals surface area (Å²) in [5.41, 5.74) is 0. The van der Waals surface area contributed by atoms with Crippen LogP contribution in [-0.4, -0.2) is 52.5 Å². The Morgan fingerprint density at radius 1 is 1.42 bits per heavy atom. The number of hydrogen-bond acceptors (Lipinski definition) is 5. The van der Waals surface area contributed by atoms with E-state index in [0.29, 0.717) is 18.4 Å². The Hall–Kier alpha value is -1.43. The molecular weight excluding hydrogens is 244 g/mol. The van der Waals surface area contributed by atoms with Crippen LogP contribution in [0, 0.1) is 0 Å². The van der Waals surface area contributed by atoms with Gasteiger partial charge in [-0.15, -0.1) is 0 Å². The summed E-state index contributed by atoms with van der Waals surface area (Å²) in [7, 11) is 3.60. The van der Waals surface area contributed by atoms with Crippen LogP contribution in [0.25, 0.3) is 0 Å². The summed E-state index contributed by atoms with van der Waals surface area (Å²) in [6, 6.07) is -0.0359. The normalized spacial score (nSPS) is 23.8. The van der Waals surface area contributed by atoms with Gasteiger partial charge in [0.05, 0.1) is 12.6 Å². The lowest BCUT2D eigenvalue weighted by molar-refractivity contribution is -0.133. The molecule has 104 valence electrons. The fourth-order valence-corrected chi connectivity index (χ4v) is 2.61. The Bertz CT molecular complexity index is 467. The molecular formula is C13H20N4O2. The Labute approximate surface area is 112 Å². The number of amides is 1. The maximum absolute atomic E-state index is 12.1. The van der Waals surface area contributed by atoms with Crippen LogP contribution in [0.4, 0.5) is 0 Å². The summed E-state index contributed by atoms with van der Waals surface area (Å²) < 4.78 is 5.29. The minimum absolute atomic E-state index is 0.0359. The molecule has 0 unspecified atom stereocenters. The molecule has 0 bridgehead atoms. The highest BCUT2D eigenvalue weighted by Crippen LogP contribution is 2.38. The van der Waals surface area contributed by atoms with Gasteiger partial charge in [0.1, 0.15) is 0 Å². The fourth-order valence-electron chi connectivity index (χ4n) is 2.61. The summed E-state index contributed by atoms with van der Waals surface area (Å²) >= 11 is 0. The highest BCUT2D eigenvalue weighted by Gasteiger charge is 2.34. The number of likely N-dealkylation sites (N-methyl/N-ethyl adjacent to an activating group) is 1. The maximum Gasteiger partial charge on any atom is 0.240 e. The number of likely N-dealkylation sites (tertiary alicyclic amines) is 1. The first-order chi connectivity index (χ1) is 9.15. The molecule has 3 rings (SSSR count). The molecule has 6 nitrogen and oxygen atoms in total. The van der Waals surface area contributed by atoms with Crippen LogP contribution >= 0.6 is 0 Å². The first kappa shape index (κ1) is 12.6. The summed E-state index contributed by atoms with van der Waals surface area (Å²) in [4.78, 5) is 20.3. The van der Waals surface area contributed by atoms with Gasteiger partial charge in [-0.3, -0.25) is 9.69 Å². The summed E-state index contributed by atoms with van der Waals surface area (Å²) in [5.74, 6) is 2.15. The minimum atomic E-state index is -0.0359. The topological polar surface area (TPSA) is 62.5 Å². The third-order valence-electron chi connectivity index (χ3n) is 3.85. The zero-order valence-corrected chi connectivity index (χ0v) is 11.5. The van der Waals surface area contributed by atoms with E-state index in [4.69, 9.17) is 4.52 Å². The van der Waals surface area contributed by atoms with Gasteiger partial charge in [0, 0.05) is 20.0 Å². The van der Waals surface area contributed by atoms with Crippen molar-refractivity contribution in [2.75, 3.05) is 20.6 Å². The number of nitrogens with zero attached hydrogens (tertiary/aromatic N) is 4. The van der Waals surface area contributed by atoms with Crippen molar-refractivity contribution in [2.24, 2.45) is 0 Å². The number of hydrogen-bond donors (Lipinski definition) is 0. The second-order valence-corrected chi connectivity index (χ2v) is 5.68. The molecule has 1 aliphatic carbocycles. The molecule has 1 aromatic heterocycles. The third kappa shape index (κ3) is 2.63. The highest BCUT2D eigenvalue weighted by molar-refractivity contribution is 5.81. The molecule has 0 radical (unpaired) electrons. The number of aromatic nitrogens is 2. The Balaban J connectivity index is 1.65. The van der Waals surface area contributed by atoms with E-state index in [1.807, 2.05) is 0 Å². The van der Waals surface area contributed by atoms with Crippen LogP contribution < -0.4 is 0 Å². The first-order valence-corrected chi connectivity index (χ1v) is 6.93. The second-order valence-electron chi connectivity index (χ2n) is 5.68. The lowest BCUT2D eigenvalue weighted by Crippen LogP contribution is -2.42. The fraction of sp³-hybridized carbons (Fsp3) is 0.769. The molecule has 6 heteroatoms. The smallest absolute Gasteiger partial charge is 0.240 e. The molecule has 0 N–H and O–H groups in total. The minimum Gasteiger partial charge on any atom is -0.347 e. The van der Waals surface area contributed by atoms with Gasteiger partial charge in [-0.25, -0.2) is 0 Å². The molecule has 1 aromatic rings. The zero-order valence-electron chi connectivity index (χ0n) is 11.5. The van der Waals surface area contributed by atoms with Crippen molar-refractivity contribution in [1.82, 2.24) is 19.9 Å². The van der Waals surface area contributed by atoms with Crippen LogP contribution in [0.5, 0.6) is 0 Å². The van der Waals surface area contributed by atoms with Crippen LogP contribution in [0.3, 0.4) is 0 Å². The lowest BCUT2D eigenvalue weighted by atomic mass is 10.2. The maximum atomic E-state index is 12.1. The molecule has 1 amide bonds. The van der Waals surface area contributed by atoms with Gasteiger partial charge in [-0.2, -0.15) is 4.98 Å². The van der Waals surface area contributed by atoms with Gasteiger partial charge in [0.2, 0.25) is 11.8 Å².